The second kappa shape index (κ2) is 10.0. The van der Waals surface area contributed by atoms with Crippen molar-refractivity contribution in [1.29, 1.82) is 0 Å². The number of amides is 1. The summed E-state index contributed by atoms with van der Waals surface area (Å²) in [7, 11) is 2.16. The molecule has 2 aromatic rings. The van der Waals surface area contributed by atoms with Crippen LogP contribution in [0.5, 0.6) is 5.88 Å². The van der Waals surface area contributed by atoms with Crippen LogP contribution in [0.25, 0.3) is 11.3 Å². The molecule has 1 saturated carbocycles. The van der Waals surface area contributed by atoms with E-state index in [1.54, 1.807) is 12.1 Å². The molecule has 31 heavy (non-hydrogen) atoms. The van der Waals surface area contributed by atoms with Gasteiger partial charge in [0.2, 0.25) is 0 Å². The van der Waals surface area contributed by atoms with Crippen molar-refractivity contribution in [2.45, 2.75) is 37.6 Å². The second-order valence-electron chi connectivity index (χ2n) is 8.57. The molecule has 1 N–H and O–H groups in total. The largest absolute Gasteiger partial charge is 0.465 e. The van der Waals surface area contributed by atoms with Crippen molar-refractivity contribution in [1.82, 2.24) is 23.9 Å². The van der Waals surface area contributed by atoms with Gasteiger partial charge < -0.3 is 15.0 Å². The molecule has 0 atom stereocenters. The van der Waals surface area contributed by atoms with Gasteiger partial charge in [0.25, 0.3) is 11.8 Å². The minimum absolute atomic E-state index is 0.0457. The summed E-state index contributed by atoms with van der Waals surface area (Å²) in [4.78, 5) is 17.5. The number of aromatic nitrogens is 2. The Labute approximate surface area is 186 Å². The van der Waals surface area contributed by atoms with Gasteiger partial charge >= 0.3 is 0 Å². The SMILES string of the molecule is CN1CCN(C2(CNC(=O)COc3nsnc3-c3cccc(F)c3)CCCCC2)CC1. The van der Waals surface area contributed by atoms with E-state index < -0.39 is 0 Å². The molecule has 168 valence electrons. The van der Waals surface area contributed by atoms with Gasteiger partial charge in [-0.15, -0.1) is 4.37 Å². The summed E-state index contributed by atoms with van der Waals surface area (Å²) >= 11 is 0.983. The highest BCUT2D eigenvalue weighted by Crippen LogP contribution is 2.34. The molecule has 2 fully saturated rings. The maximum Gasteiger partial charge on any atom is 0.258 e. The van der Waals surface area contributed by atoms with Crippen LogP contribution in [0.15, 0.2) is 24.3 Å². The maximum atomic E-state index is 13.5. The number of carbonyl (C=O) groups excluding carboxylic acids is 1. The Hall–Kier alpha value is -2.10. The van der Waals surface area contributed by atoms with Gasteiger partial charge in [-0.3, -0.25) is 9.69 Å². The molecule has 0 radical (unpaired) electrons. The van der Waals surface area contributed by atoms with Gasteiger partial charge in [0.1, 0.15) is 11.5 Å². The first kappa shape index (κ1) is 22.1. The summed E-state index contributed by atoms with van der Waals surface area (Å²) in [6.45, 7) is 4.74. The minimum atomic E-state index is -0.351. The van der Waals surface area contributed by atoms with Crippen molar-refractivity contribution < 1.29 is 13.9 Å². The van der Waals surface area contributed by atoms with Crippen LogP contribution in [0.4, 0.5) is 4.39 Å². The number of rotatable bonds is 7. The van der Waals surface area contributed by atoms with Crippen molar-refractivity contribution in [3.05, 3.63) is 30.1 Å². The number of likely N-dealkylation sites (N-methyl/N-ethyl adjacent to an activating group) is 1. The Morgan fingerprint density at radius 1 is 1.19 bits per heavy atom. The van der Waals surface area contributed by atoms with Crippen molar-refractivity contribution in [3.8, 4) is 17.1 Å². The van der Waals surface area contributed by atoms with E-state index in [1.165, 1.54) is 31.4 Å². The molecule has 1 aromatic carbocycles. The first-order chi connectivity index (χ1) is 15.1. The van der Waals surface area contributed by atoms with E-state index >= 15 is 0 Å². The zero-order chi connectivity index (χ0) is 21.7. The third-order valence-corrected chi connectivity index (χ3v) is 6.98. The molecule has 1 saturated heterocycles. The first-order valence-corrected chi connectivity index (χ1v) is 11.7. The molecule has 0 unspecified atom stereocenters. The minimum Gasteiger partial charge on any atom is -0.465 e. The van der Waals surface area contributed by atoms with Crippen LogP contribution in [0.1, 0.15) is 32.1 Å². The Kier molecular flexibility index (Phi) is 7.14. The van der Waals surface area contributed by atoms with Crippen LogP contribution in [0.2, 0.25) is 0 Å². The highest BCUT2D eigenvalue weighted by Gasteiger charge is 2.39. The smallest absolute Gasteiger partial charge is 0.258 e. The third-order valence-electron chi connectivity index (χ3n) is 6.47. The van der Waals surface area contributed by atoms with E-state index in [9.17, 15) is 9.18 Å². The summed E-state index contributed by atoms with van der Waals surface area (Å²) < 4.78 is 27.5. The molecule has 2 heterocycles. The van der Waals surface area contributed by atoms with E-state index in [0.29, 0.717) is 17.8 Å². The number of hydrogen-bond acceptors (Lipinski definition) is 7. The van der Waals surface area contributed by atoms with E-state index in [4.69, 9.17) is 4.74 Å². The van der Waals surface area contributed by atoms with Gasteiger partial charge in [-0.05, 0) is 32.0 Å². The lowest BCUT2D eigenvalue weighted by Gasteiger charge is -2.49. The zero-order valence-corrected chi connectivity index (χ0v) is 18.8. The van der Waals surface area contributed by atoms with E-state index in [2.05, 4.69) is 30.9 Å². The van der Waals surface area contributed by atoms with Crippen molar-refractivity contribution in [2.75, 3.05) is 46.4 Å². The molecule has 1 aliphatic heterocycles. The number of hydrogen-bond donors (Lipinski definition) is 1. The van der Waals surface area contributed by atoms with Gasteiger partial charge in [0.05, 0.1) is 11.7 Å². The molecule has 0 spiro atoms. The standard InChI is InChI=1S/C22H30FN5O2S/c1-27-10-12-28(13-11-27)22(8-3-2-4-9-22)16-24-19(29)15-30-21-20(25-31-26-21)17-6-5-7-18(23)14-17/h5-7,14H,2-4,8-13,15-16H2,1H3,(H,24,29). The second-order valence-corrected chi connectivity index (χ2v) is 9.10. The van der Waals surface area contributed by atoms with Crippen LogP contribution in [-0.4, -0.2) is 76.4 Å². The molecule has 1 amide bonds. The average molecular weight is 448 g/mol. The van der Waals surface area contributed by atoms with Crippen LogP contribution < -0.4 is 10.1 Å². The fourth-order valence-electron chi connectivity index (χ4n) is 4.63. The summed E-state index contributed by atoms with van der Waals surface area (Å²) in [6.07, 6.45) is 5.93. The van der Waals surface area contributed by atoms with Crippen molar-refractivity contribution >= 4 is 17.6 Å². The topological polar surface area (TPSA) is 70.6 Å². The van der Waals surface area contributed by atoms with Gasteiger partial charge in [-0.1, -0.05) is 31.4 Å². The molecule has 2 aliphatic rings. The highest BCUT2D eigenvalue weighted by molar-refractivity contribution is 6.99. The average Bonchev–Trinajstić information content (AvgIpc) is 3.26. The zero-order valence-electron chi connectivity index (χ0n) is 18.0. The van der Waals surface area contributed by atoms with Crippen molar-refractivity contribution in [3.63, 3.8) is 0 Å². The van der Waals surface area contributed by atoms with Crippen LogP contribution in [0, 0.1) is 5.82 Å². The number of nitrogens with one attached hydrogen (secondary N) is 1. The Morgan fingerprint density at radius 2 is 1.97 bits per heavy atom. The van der Waals surface area contributed by atoms with Crippen LogP contribution in [-0.2, 0) is 4.79 Å². The van der Waals surface area contributed by atoms with Gasteiger partial charge in [0.15, 0.2) is 6.61 Å². The summed E-state index contributed by atoms with van der Waals surface area (Å²) in [6, 6.07) is 6.11. The molecular formula is C22H30FN5O2S. The molecule has 7 nitrogen and oxygen atoms in total. The third kappa shape index (κ3) is 5.39. The van der Waals surface area contributed by atoms with E-state index in [0.717, 1.165) is 50.7 Å². The maximum absolute atomic E-state index is 13.5. The lowest BCUT2D eigenvalue weighted by Crippen LogP contribution is -2.61. The fraction of sp³-hybridized carbons (Fsp3) is 0.591. The summed E-state index contributed by atoms with van der Waals surface area (Å²) in [5.41, 5.74) is 1.09. The monoisotopic (exact) mass is 447 g/mol. The van der Waals surface area contributed by atoms with E-state index in [1.807, 2.05) is 0 Å². The van der Waals surface area contributed by atoms with Crippen molar-refractivity contribution in [2.24, 2.45) is 0 Å². The number of carbonyl (C=O) groups is 1. The first-order valence-electron chi connectivity index (χ1n) is 11.0. The predicted octanol–water partition coefficient (Wildman–Crippen LogP) is 2.79. The molecular weight excluding hydrogens is 417 g/mol. The summed E-state index contributed by atoms with van der Waals surface area (Å²) in [5.74, 6) is -0.259. The quantitative estimate of drug-likeness (QED) is 0.704. The van der Waals surface area contributed by atoms with Gasteiger partial charge in [-0.2, -0.15) is 4.37 Å². The van der Waals surface area contributed by atoms with E-state index in [-0.39, 0.29) is 29.8 Å². The molecule has 9 heteroatoms. The Balaban J connectivity index is 1.34. The van der Waals surface area contributed by atoms with Crippen LogP contribution >= 0.6 is 11.7 Å². The lowest BCUT2D eigenvalue weighted by molar-refractivity contribution is -0.124. The number of ether oxygens (including phenoxy) is 1. The van der Waals surface area contributed by atoms with Crippen LogP contribution in [0.3, 0.4) is 0 Å². The normalized spacial score (nSPS) is 19.8. The number of piperazine rings is 1. The Bertz CT molecular complexity index is 878. The number of nitrogens with zero attached hydrogens (tertiary/aromatic N) is 4. The molecule has 1 aromatic heterocycles. The Morgan fingerprint density at radius 3 is 2.71 bits per heavy atom. The van der Waals surface area contributed by atoms with Gasteiger partial charge in [-0.25, -0.2) is 4.39 Å². The number of halogens is 1. The highest BCUT2D eigenvalue weighted by atomic mass is 32.1. The lowest BCUT2D eigenvalue weighted by atomic mass is 9.79. The predicted molar refractivity (Wildman–Crippen MR) is 119 cm³/mol. The van der Waals surface area contributed by atoms with Gasteiger partial charge in [0, 0.05) is 43.8 Å². The summed E-state index contributed by atoms with van der Waals surface area (Å²) in [5, 5.41) is 3.11. The number of benzene rings is 1. The molecule has 4 rings (SSSR count). The fourth-order valence-corrected chi connectivity index (χ4v) is 5.15. The molecule has 1 aliphatic carbocycles. The molecule has 0 bridgehead atoms.